The molecule has 1 amide bonds. The first-order chi connectivity index (χ1) is 14.1. The highest BCUT2D eigenvalue weighted by molar-refractivity contribution is 6.04. The summed E-state index contributed by atoms with van der Waals surface area (Å²) in [5, 5.41) is 5.93. The topological polar surface area (TPSA) is 89.5 Å². The molecule has 0 radical (unpaired) electrons. The number of amides is 1. The number of aromatic nitrogens is 1. The van der Waals surface area contributed by atoms with E-state index in [1.165, 1.54) is 6.20 Å². The number of carbonyl (C=O) groups is 2. The van der Waals surface area contributed by atoms with Crippen LogP contribution in [-0.4, -0.2) is 30.6 Å². The zero-order valence-electron chi connectivity index (χ0n) is 16.1. The van der Waals surface area contributed by atoms with Gasteiger partial charge in [-0.1, -0.05) is 0 Å². The van der Waals surface area contributed by atoms with Gasteiger partial charge in [-0.25, -0.2) is 9.78 Å². The molecular formula is C22H21N3O4. The van der Waals surface area contributed by atoms with Crippen LogP contribution in [0.5, 0.6) is 5.75 Å². The number of methoxy groups -OCH3 is 1. The van der Waals surface area contributed by atoms with Crippen LogP contribution < -0.4 is 15.4 Å². The fourth-order valence-electron chi connectivity index (χ4n) is 2.53. The third-order valence-corrected chi connectivity index (χ3v) is 4.04. The molecule has 2 N–H and O–H groups in total. The average molecular weight is 391 g/mol. The Labute approximate surface area is 168 Å². The minimum atomic E-state index is -0.394. The number of benzene rings is 2. The van der Waals surface area contributed by atoms with Gasteiger partial charge >= 0.3 is 5.97 Å². The van der Waals surface area contributed by atoms with Crippen molar-refractivity contribution >= 4 is 29.1 Å². The van der Waals surface area contributed by atoms with Crippen LogP contribution in [0.1, 0.15) is 27.6 Å². The second-order valence-corrected chi connectivity index (χ2v) is 6.04. The molecule has 0 aliphatic carbocycles. The fraction of sp³-hybridized carbons (Fsp3) is 0.136. The van der Waals surface area contributed by atoms with Gasteiger partial charge in [-0.05, 0) is 67.6 Å². The van der Waals surface area contributed by atoms with E-state index in [1.54, 1.807) is 50.4 Å². The molecule has 0 bridgehead atoms. The van der Waals surface area contributed by atoms with Gasteiger partial charge in [0.15, 0.2) is 0 Å². The molecule has 7 nitrogen and oxygen atoms in total. The van der Waals surface area contributed by atoms with Gasteiger partial charge in [0.1, 0.15) is 11.6 Å². The average Bonchev–Trinajstić information content (AvgIpc) is 2.75. The van der Waals surface area contributed by atoms with E-state index in [9.17, 15) is 9.59 Å². The third-order valence-electron chi connectivity index (χ3n) is 4.04. The van der Waals surface area contributed by atoms with Gasteiger partial charge in [0.25, 0.3) is 5.91 Å². The van der Waals surface area contributed by atoms with E-state index in [0.29, 0.717) is 29.2 Å². The second-order valence-electron chi connectivity index (χ2n) is 6.04. The lowest BCUT2D eigenvalue weighted by molar-refractivity contribution is 0.0526. The number of nitrogens with zero attached hydrogens (tertiary/aromatic N) is 1. The van der Waals surface area contributed by atoms with Gasteiger partial charge in [-0.2, -0.15) is 0 Å². The van der Waals surface area contributed by atoms with Crippen molar-refractivity contribution in [3.05, 3.63) is 78.0 Å². The maximum Gasteiger partial charge on any atom is 0.338 e. The lowest BCUT2D eigenvalue weighted by Gasteiger charge is -2.09. The number of ether oxygens (including phenoxy) is 2. The Hall–Kier alpha value is -3.87. The molecule has 0 saturated heterocycles. The smallest absolute Gasteiger partial charge is 0.338 e. The maximum absolute atomic E-state index is 12.4. The predicted molar refractivity (Wildman–Crippen MR) is 111 cm³/mol. The van der Waals surface area contributed by atoms with E-state index in [4.69, 9.17) is 9.47 Å². The van der Waals surface area contributed by atoms with Crippen LogP contribution in [0.15, 0.2) is 66.9 Å². The molecule has 0 atom stereocenters. The molecule has 0 unspecified atom stereocenters. The molecule has 0 aliphatic rings. The fourth-order valence-corrected chi connectivity index (χ4v) is 2.53. The highest BCUT2D eigenvalue weighted by Crippen LogP contribution is 2.19. The van der Waals surface area contributed by atoms with Gasteiger partial charge in [0, 0.05) is 17.6 Å². The number of anilines is 3. The van der Waals surface area contributed by atoms with E-state index >= 15 is 0 Å². The molecule has 0 spiro atoms. The van der Waals surface area contributed by atoms with E-state index in [0.717, 1.165) is 11.4 Å². The lowest BCUT2D eigenvalue weighted by atomic mass is 10.2. The summed E-state index contributed by atoms with van der Waals surface area (Å²) in [7, 11) is 1.61. The van der Waals surface area contributed by atoms with Crippen molar-refractivity contribution in [2.45, 2.75) is 6.92 Å². The Morgan fingerprint density at radius 2 is 1.55 bits per heavy atom. The van der Waals surface area contributed by atoms with Crippen LogP contribution >= 0.6 is 0 Å². The van der Waals surface area contributed by atoms with E-state index in [1.807, 2.05) is 24.3 Å². The SMILES string of the molecule is CCOC(=O)c1ccc(NC(=O)c2ccc(Nc3ccc(OC)cc3)nc2)cc1. The summed E-state index contributed by atoms with van der Waals surface area (Å²) < 4.78 is 10.1. The Bertz CT molecular complexity index is 968. The van der Waals surface area contributed by atoms with Crippen LogP contribution in [0, 0.1) is 0 Å². The first-order valence-corrected chi connectivity index (χ1v) is 9.04. The van der Waals surface area contributed by atoms with Crippen molar-refractivity contribution < 1.29 is 19.1 Å². The molecule has 7 heteroatoms. The van der Waals surface area contributed by atoms with Crippen LogP contribution in [0.25, 0.3) is 0 Å². The highest BCUT2D eigenvalue weighted by atomic mass is 16.5. The maximum atomic E-state index is 12.4. The molecule has 3 rings (SSSR count). The quantitative estimate of drug-likeness (QED) is 0.585. The van der Waals surface area contributed by atoms with E-state index in [-0.39, 0.29) is 5.91 Å². The van der Waals surface area contributed by atoms with Gasteiger partial charge in [-0.15, -0.1) is 0 Å². The summed E-state index contributed by atoms with van der Waals surface area (Å²) in [5.74, 6) is 0.697. The summed E-state index contributed by atoms with van der Waals surface area (Å²) in [4.78, 5) is 28.3. The molecule has 148 valence electrons. The van der Waals surface area contributed by atoms with Crippen molar-refractivity contribution in [2.75, 3.05) is 24.4 Å². The molecule has 1 aromatic heterocycles. The van der Waals surface area contributed by atoms with Crippen LogP contribution in [0.2, 0.25) is 0 Å². The molecule has 1 heterocycles. The lowest BCUT2D eigenvalue weighted by Crippen LogP contribution is -2.12. The van der Waals surface area contributed by atoms with Gasteiger partial charge in [0.2, 0.25) is 0 Å². The molecule has 0 aliphatic heterocycles. The molecule has 2 aromatic carbocycles. The Morgan fingerprint density at radius 3 is 2.14 bits per heavy atom. The summed E-state index contributed by atoms with van der Waals surface area (Å²) in [5.41, 5.74) is 2.28. The molecule has 0 fully saturated rings. The first-order valence-electron chi connectivity index (χ1n) is 9.04. The molecule has 3 aromatic rings. The first kappa shape index (κ1) is 19.9. The number of hydrogen-bond donors (Lipinski definition) is 2. The van der Waals surface area contributed by atoms with Crippen molar-refractivity contribution in [3.8, 4) is 5.75 Å². The number of pyridine rings is 1. The van der Waals surface area contributed by atoms with Gasteiger partial charge in [0.05, 0.1) is 24.8 Å². The van der Waals surface area contributed by atoms with Gasteiger partial charge < -0.3 is 20.1 Å². The van der Waals surface area contributed by atoms with E-state index < -0.39 is 5.97 Å². The normalized spacial score (nSPS) is 10.1. The second kappa shape index (κ2) is 9.36. The van der Waals surface area contributed by atoms with Crippen molar-refractivity contribution in [1.29, 1.82) is 0 Å². The number of esters is 1. The van der Waals surface area contributed by atoms with Crippen LogP contribution in [0.3, 0.4) is 0 Å². The number of nitrogens with one attached hydrogen (secondary N) is 2. The summed E-state index contributed by atoms with van der Waals surface area (Å²) in [6.45, 7) is 2.06. The van der Waals surface area contributed by atoms with Crippen LogP contribution in [-0.2, 0) is 4.74 Å². The van der Waals surface area contributed by atoms with Gasteiger partial charge in [-0.3, -0.25) is 4.79 Å². The molecular weight excluding hydrogens is 370 g/mol. The predicted octanol–water partition coefficient (Wildman–Crippen LogP) is 4.26. The Morgan fingerprint density at radius 1 is 0.897 bits per heavy atom. The Balaban J connectivity index is 1.60. The minimum absolute atomic E-state index is 0.294. The largest absolute Gasteiger partial charge is 0.497 e. The standard InChI is InChI=1S/C22H21N3O4/c1-3-29-22(27)15-4-7-18(8-5-15)25-21(26)16-6-13-20(23-14-16)24-17-9-11-19(28-2)12-10-17/h4-14H,3H2,1-2H3,(H,23,24)(H,25,26). The molecule has 0 saturated carbocycles. The summed E-state index contributed by atoms with van der Waals surface area (Å²) in [6.07, 6.45) is 1.49. The van der Waals surface area contributed by atoms with Crippen molar-refractivity contribution in [3.63, 3.8) is 0 Å². The van der Waals surface area contributed by atoms with Crippen molar-refractivity contribution in [1.82, 2.24) is 4.98 Å². The third kappa shape index (κ3) is 5.32. The molecule has 29 heavy (non-hydrogen) atoms. The number of carbonyl (C=O) groups excluding carboxylic acids is 2. The Kier molecular flexibility index (Phi) is 6.42. The van der Waals surface area contributed by atoms with Crippen molar-refractivity contribution in [2.24, 2.45) is 0 Å². The van der Waals surface area contributed by atoms with Crippen LogP contribution in [0.4, 0.5) is 17.2 Å². The van der Waals surface area contributed by atoms with E-state index in [2.05, 4.69) is 15.6 Å². The minimum Gasteiger partial charge on any atom is -0.497 e. The zero-order chi connectivity index (χ0) is 20.6. The summed E-state index contributed by atoms with van der Waals surface area (Å²) >= 11 is 0. The number of rotatable bonds is 7. The zero-order valence-corrected chi connectivity index (χ0v) is 16.1. The summed E-state index contributed by atoms with van der Waals surface area (Å²) in [6, 6.07) is 17.4. The highest BCUT2D eigenvalue weighted by Gasteiger charge is 2.09. The monoisotopic (exact) mass is 391 g/mol. The number of hydrogen-bond acceptors (Lipinski definition) is 6.